The van der Waals surface area contributed by atoms with Gasteiger partial charge in [0.25, 0.3) is 0 Å². The Kier molecular flexibility index (Phi) is 8.36. The number of fused-ring (bicyclic) bond motifs is 1. The van der Waals surface area contributed by atoms with Gasteiger partial charge in [-0.2, -0.15) is 0 Å². The highest BCUT2D eigenvalue weighted by Gasteiger charge is 2.36. The summed E-state index contributed by atoms with van der Waals surface area (Å²) in [6, 6.07) is 11.6. The molecule has 0 fully saturated rings. The zero-order chi connectivity index (χ0) is 26.7. The molecule has 194 valence electrons. The average molecular weight is 510 g/mol. The topological polar surface area (TPSA) is 58.9 Å². The third-order valence-corrected chi connectivity index (χ3v) is 11.6. The van der Waals surface area contributed by atoms with Crippen LogP contribution >= 0.6 is 0 Å². The number of carbonyl (C=O) groups is 1. The summed E-state index contributed by atoms with van der Waals surface area (Å²) < 4.78 is 24.8. The van der Waals surface area contributed by atoms with E-state index in [9.17, 15) is 4.79 Å². The minimum absolute atomic E-state index is 0.0281. The highest BCUT2D eigenvalue weighted by molar-refractivity contribution is 6.74. The normalized spacial score (nSPS) is 12.6. The molecule has 0 atom stereocenters. The van der Waals surface area contributed by atoms with Crippen LogP contribution in [0.1, 0.15) is 43.6 Å². The standard InChI is InChI=1S/C29H39NO5Si/c1-20(16-21-17-25(32-5)28(34-7)26(18-21)33-6)27(31)23-10-11-24-22(19-23)12-13-30(24)14-15-35-36(8,9)29(2,3)4/h10-13,16-19H,14-15H2,1-9H3. The van der Waals surface area contributed by atoms with Crippen molar-refractivity contribution >= 4 is 31.1 Å². The Hall–Kier alpha value is -3.03. The van der Waals surface area contributed by atoms with Gasteiger partial charge in [-0.25, -0.2) is 0 Å². The van der Waals surface area contributed by atoms with Crippen LogP contribution in [-0.4, -0.2) is 46.6 Å². The summed E-state index contributed by atoms with van der Waals surface area (Å²) in [5, 5.41) is 1.22. The fraction of sp³-hybridized carbons (Fsp3) is 0.414. The Bertz CT molecular complexity index is 1240. The lowest BCUT2D eigenvalue weighted by molar-refractivity contribution is 0.103. The molecule has 0 saturated carbocycles. The monoisotopic (exact) mass is 509 g/mol. The van der Waals surface area contributed by atoms with E-state index >= 15 is 0 Å². The number of ether oxygens (including phenoxy) is 3. The lowest BCUT2D eigenvalue weighted by Gasteiger charge is -2.36. The number of allylic oxidation sites excluding steroid dienone is 1. The highest BCUT2D eigenvalue weighted by atomic mass is 28.4. The van der Waals surface area contributed by atoms with Crippen LogP contribution in [0.2, 0.25) is 18.1 Å². The Morgan fingerprint density at radius 3 is 2.17 bits per heavy atom. The number of benzene rings is 2. The maximum Gasteiger partial charge on any atom is 0.203 e. The van der Waals surface area contributed by atoms with Crippen LogP contribution in [0.5, 0.6) is 17.2 Å². The predicted molar refractivity (Wildman–Crippen MR) is 149 cm³/mol. The Balaban J connectivity index is 1.79. The molecule has 0 aliphatic carbocycles. The molecule has 1 aromatic heterocycles. The molecular formula is C29H39NO5Si. The lowest BCUT2D eigenvalue weighted by Crippen LogP contribution is -2.41. The zero-order valence-electron chi connectivity index (χ0n) is 23.0. The number of ketones is 1. The van der Waals surface area contributed by atoms with E-state index in [-0.39, 0.29) is 10.8 Å². The average Bonchev–Trinajstić information content (AvgIpc) is 3.24. The van der Waals surface area contributed by atoms with Crippen molar-refractivity contribution in [2.45, 2.75) is 52.4 Å². The Morgan fingerprint density at radius 1 is 0.972 bits per heavy atom. The summed E-state index contributed by atoms with van der Waals surface area (Å²) in [4.78, 5) is 13.2. The van der Waals surface area contributed by atoms with Crippen LogP contribution in [0.3, 0.4) is 0 Å². The van der Waals surface area contributed by atoms with E-state index in [1.54, 1.807) is 21.3 Å². The maximum absolute atomic E-state index is 13.2. The van der Waals surface area contributed by atoms with Gasteiger partial charge in [0, 0.05) is 29.2 Å². The summed E-state index contributed by atoms with van der Waals surface area (Å²) in [5.41, 5.74) is 3.16. The first kappa shape index (κ1) is 27.6. The molecule has 0 N–H and O–H groups in total. The van der Waals surface area contributed by atoms with E-state index in [0.717, 1.165) is 23.0 Å². The van der Waals surface area contributed by atoms with Gasteiger partial charge in [0.2, 0.25) is 5.75 Å². The molecule has 6 nitrogen and oxygen atoms in total. The van der Waals surface area contributed by atoms with Crippen molar-refractivity contribution < 1.29 is 23.4 Å². The van der Waals surface area contributed by atoms with Crippen LogP contribution in [0.25, 0.3) is 17.0 Å². The Labute approximate surface area is 215 Å². The van der Waals surface area contributed by atoms with Crippen LogP contribution in [-0.2, 0) is 11.0 Å². The molecule has 0 bridgehead atoms. The number of aromatic nitrogens is 1. The van der Waals surface area contributed by atoms with Gasteiger partial charge in [-0.15, -0.1) is 0 Å². The molecule has 0 aliphatic rings. The molecule has 2 aromatic carbocycles. The smallest absolute Gasteiger partial charge is 0.203 e. The highest BCUT2D eigenvalue weighted by Crippen LogP contribution is 2.39. The van der Waals surface area contributed by atoms with Crippen LogP contribution in [0, 0.1) is 0 Å². The fourth-order valence-electron chi connectivity index (χ4n) is 3.88. The molecular weight excluding hydrogens is 470 g/mol. The minimum Gasteiger partial charge on any atom is -0.493 e. The molecule has 0 unspecified atom stereocenters. The number of rotatable bonds is 10. The van der Waals surface area contributed by atoms with E-state index in [4.69, 9.17) is 18.6 Å². The molecule has 0 aliphatic heterocycles. The van der Waals surface area contributed by atoms with E-state index in [2.05, 4.69) is 50.7 Å². The molecule has 3 aromatic rings. The van der Waals surface area contributed by atoms with Gasteiger partial charge in [-0.1, -0.05) is 20.8 Å². The summed E-state index contributed by atoms with van der Waals surface area (Å²) in [6.45, 7) is 14.6. The van der Waals surface area contributed by atoms with Crippen LogP contribution < -0.4 is 14.2 Å². The van der Waals surface area contributed by atoms with E-state index in [1.807, 2.05) is 43.3 Å². The van der Waals surface area contributed by atoms with Crippen LogP contribution in [0.15, 0.2) is 48.2 Å². The second-order valence-electron chi connectivity index (χ2n) is 10.5. The van der Waals surface area contributed by atoms with Gasteiger partial charge in [0.05, 0.1) is 27.9 Å². The van der Waals surface area contributed by atoms with Gasteiger partial charge >= 0.3 is 0 Å². The number of nitrogens with zero attached hydrogens (tertiary/aromatic N) is 1. The van der Waals surface area contributed by atoms with Crippen molar-refractivity contribution in [1.29, 1.82) is 0 Å². The number of hydrogen-bond acceptors (Lipinski definition) is 5. The van der Waals surface area contributed by atoms with Crippen molar-refractivity contribution in [2.75, 3.05) is 27.9 Å². The molecule has 0 radical (unpaired) electrons. The molecule has 1 heterocycles. The molecule has 7 heteroatoms. The summed E-state index contributed by atoms with van der Waals surface area (Å²) in [6.07, 6.45) is 3.90. The molecule has 0 spiro atoms. The first-order chi connectivity index (χ1) is 16.9. The van der Waals surface area contributed by atoms with Crippen molar-refractivity contribution in [3.8, 4) is 17.2 Å². The van der Waals surface area contributed by atoms with Gasteiger partial charge in [0.15, 0.2) is 25.6 Å². The molecule has 36 heavy (non-hydrogen) atoms. The minimum atomic E-state index is -1.78. The fourth-order valence-corrected chi connectivity index (χ4v) is 4.91. The molecule has 0 saturated heterocycles. The second kappa shape index (κ2) is 10.9. The first-order valence-corrected chi connectivity index (χ1v) is 15.1. The second-order valence-corrected chi connectivity index (χ2v) is 15.3. The van der Waals surface area contributed by atoms with Gasteiger partial charge in [-0.3, -0.25) is 4.79 Å². The molecule has 0 amide bonds. The Morgan fingerprint density at radius 2 is 1.61 bits per heavy atom. The summed E-state index contributed by atoms with van der Waals surface area (Å²) in [5.74, 6) is 1.58. The SMILES string of the molecule is COc1cc(C=C(C)C(=O)c2ccc3c(ccn3CCO[Si](C)(C)C(C)(C)C)c2)cc(OC)c1OC. The van der Waals surface area contributed by atoms with Crippen molar-refractivity contribution in [1.82, 2.24) is 4.57 Å². The van der Waals surface area contributed by atoms with Gasteiger partial charge in [-0.05, 0) is 78.7 Å². The zero-order valence-corrected chi connectivity index (χ0v) is 24.0. The predicted octanol–water partition coefficient (Wildman–Crippen LogP) is 6.98. The van der Waals surface area contributed by atoms with Crippen molar-refractivity contribution in [3.05, 3.63) is 59.3 Å². The molecule has 3 rings (SSSR count). The third kappa shape index (κ3) is 5.85. The number of methoxy groups -OCH3 is 3. The van der Waals surface area contributed by atoms with E-state index in [0.29, 0.717) is 35.0 Å². The van der Waals surface area contributed by atoms with E-state index < -0.39 is 8.32 Å². The van der Waals surface area contributed by atoms with Crippen molar-refractivity contribution in [3.63, 3.8) is 0 Å². The number of hydrogen-bond donors (Lipinski definition) is 0. The number of Topliss-reactive ketones (excluding diaryl/α,β-unsaturated/α-hetero) is 1. The summed E-state index contributed by atoms with van der Waals surface area (Å²) in [7, 11) is 2.93. The summed E-state index contributed by atoms with van der Waals surface area (Å²) >= 11 is 0. The largest absolute Gasteiger partial charge is 0.493 e. The van der Waals surface area contributed by atoms with Gasteiger partial charge < -0.3 is 23.2 Å². The lowest BCUT2D eigenvalue weighted by atomic mass is 10.0. The van der Waals surface area contributed by atoms with Crippen molar-refractivity contribution in [2.24, 2.45) is 0 Å². The van der Waals surface area contributed by atoms with Gasteiger partial charge in [0.1, 0.15) is 0 Å². The van der Waals surface area contributed by atoms with Crippen LogP contribution in [0.4, 0.5) is 0 Å². The quantitative estimate of drug-likeness (QED) is 0.168. The first-order valence-electron chi connectivity index (χ1n) is 12.2. The maximum atomic E-state index is 13.2. The number of carbonyl (C=O) groups excluding carboxylic acids is 1. The third-order valence-electron chi connectivity index (χ3n) is 7.06. The van der Waals surface area contributed by atoms with E-state index in [1.165, 1.54) is 0 Å².